The molecule has 4 saturated carbocycles. The first kappa shape index (κ1) is 27.2. The molecule has 8 heteroatoms. The van der Waals surface area contributed by atoms with E-state index in [2.05, 4.69) is 13.8 Å². The van der Waals surface area contributed by atoms with E-state index in [0.717, 1.165) is 63.4 Å². The molecule has 13 atom stereocenters. The van der Waals surface area contributed by atoms with Crippen LogP contribution in [-0.4, -0.2) is 77.4 Å². The summed E-state index contributed by atoms with van der Waals surface area (Å²) >= 11 is 0. The molecule has 0 radical (unpaired) electrons. The highest BCUT2D eigenvalue weighted by molar-refractivity contribution is 5.85. The number of esters is 1. The molecule has 0 bridgehead atoms. The van der Waals surface area contributed by atoms with Crippen molar-refractivity contribution >= 4 is 5.97 Å². The van der Waals surface area contributed by atoms with Gasteiger partial charge in [-0.3, -0.25) is 0 Å². The Hall–Kier alpha value is -1.03. The van der Waals surface area contributed by atoms with Gasteiger partial charge in [0.25, 0.3) is 0 Å². The number of methoxy groups -OCH3 is 1. The minimum absolute atomic E-state index is 0.0103. The van der Waals surface area contributed by atoms with Crippen LogP contribution in [0, 0.1) is 34.5 Å². The summed E-state index contributed by atoms with van der Waals surface area (Å²) in [4.78, 5) is 11.8. The molecule has 5 fully saturated rings. The van der Waals surface area contributed by atoms with Crippen LogP contribution in [0.2, 0.25) is 0 Å². The van der Waals surface area contributed by atoms with E-state index < -0.39 is 36.3 Å². The fourth-order valence-corrected chi connectivity index (χ4v) is 10.1. The van der Waals surface area contributed by atoms with E-state index in [4.69, 9.17) is 18.9 Å². The van der Waals surface area contributed by atoms with Crippen molar-refractivity contribution in [3.05, 3.63) is 11.6 Å². The van der Waals surface area contributed by atoms with Crippen LogP contribution in [0.5, 0.6) is 0 Å². The van der Waals surface area contributed by atoms with Crippen LogP contribution in [-0.2, 0) is 23.7 Å². The van der Waals surface area contributed by atoms with Gasteiger partial charge in [0.1, 0.15) is 24.9 Å². The Morgan fingerprint density at radius 2 is 1.79 bits per heavy atom. The third-order valence-corrected chi connectivity index (χ3v) is 12.3. The molecule has 6 aliphatic rings. The van der Waals surface area contributed by atoms with Crippen LogP contribution >= 0.6 is 0 Å². The van der Waals surface area contributed by atoms with Gasteiger partial charge in [0.15, 0.2) is 6.29 Å². The maximum absolute atomic E-state index is 12.4. The molecule has 214 valence electrons. The largest absolute Gasteiger partial charge is 0.458 e. The molecular weight excluding hydrogens is 488 g/mol. The minimum Gasteiger partial charge on any atom is -0.458 e. The summed E-state index contributed by atoms with van der Waals surface area (Å²) in [6.07, 6.45) is 6.45. The van der Waals surface area contributed by atoms with Crippen molar-refractivity contribution in [2.45, 2.75) is 121 Å². The summed E-state index contributed by atoms with van der Waals surface area (Å²) < 4.78 is 22.8. The average Bonchev–Trinajstić information content (AvgIpc) is 3.43. The number of carbonyl (C=O) groups is 1. The van der Waals surface area contributed by atoms with Gasteiger partial charge in [0.05, 0.1) is 17.8 Å². The minimum atomic E-state index is -1.04. The number of aliphatic hydroxyl groups is 3. The number of aliphatic hydroxyl groups excluding tert-OH is 2. The number of cyclic esters (lactones) is 1. The lowest BCUT2D eigenvalue weighted by Crippen LogP contribution is -2.62. The number of hydrogen-bond donors (Lipinski definition) is 3. The van der Waals surface area contributed by atoms with Crippen LogP contribution in [0.15, 0.2) is 11.6 Å². The molecule has 0 spiro atoms. The zero-order valence-electron chi connectivity index (χ0n) is 23.3. The Morgan fingerprint density at radius 1 is 1.00 bits per heavy atom. The highest BCUT2D eigenvalue weighted by atomic mass is 16.7. The fraction of sp³-hybridized carbons (Fsp3) is 0.900. The summed E-state index contributed by atoms with van der Waals surface area (Å²) in [6.45, 7) is 6.87. The number of rotatable bonds is 4. The Balaban J connectivity index is 1.16. The highest BCUT2D eigenvalue weighted by Crippen LogP contribution is 2.70. The highest BCUT2D eigenvalue weighted by Gasteiger charge is 2.67. The van der Waals surface area contributed by atoms with Crippen molar-refractivity contribution in [1.29, 1.82) is 0 Å². The maximum atomic E-state index is 12.4. The second-order valence-electron chi connectivity index (χ2n) is 13.7. The van der Waals surface area contributed by atoms with E-state index >= 15 is 0 Å². The van der Waals surface area contributed by atoms with Crippen molar-refractivity contribution in [2.75, 3.05) is 13.7 Å². The van der Waals surface area contributed by atoms with Crippen LogP contribution in [0.3, 0.4) is 0 Å². The van der Waals surface area contributed by atoms with Gasteiger partial charge in [-0.15, -0.1) is 0 Å². The number of ether oxygens (including phenoxy) is 4. The third-order valence-electron chi connectivity index (χ3n) is 12.3. The lowest BCUT2D eigenvalue weighted by Gasteiger charge is -2.64. The van der Waals surface area contributed by atoms with Gasteiger partial charge < -0.3 is 34.3 Å². The van der Waals surface area contributed by atoms with E-state index in [1.54, 1.807) is 13.0 Å². The molecule has 8 nitrogen and oxygen atoms in total. The van der Waals surface area contributed by atoms with Crippen LogP contribution in [0.4, 0.5) is 0 Å². The quantitative estimate of drug-likeness (QED) is 0.372. The predicted octanol–water partition coefficient (Wildman–Crippen LogP) is 3.11. The molecule has 0 aromatic carbocycles. The zero-order chi connectivity index (χ0) is 27.0. The molecule has 38 heavy (non-hydrogen) atoms. The Morgan fingerprint density at radius 3 is 2.50 bits per heavy atom. The van der Waals surface area contributed by atoms with Gasteiger partial charge >= 0.3 is 5.97 Å². The Kier molecular flexibility index (Phi) is 6.80. The lowest BCUT2D eigenvalue weighted by molar-refractivity contribution is -0.313. The second kappa shape index (κ2) is 9.52. The molecule has 0 amide bonds. The first-order chi connectivity index (χ1) is 18.0. The SMILES string of the molecule is COC1C(O)C(C)OC(OC2CC[C@@]3(C)[C@@H](CC[C@@H]4[C@H]3CC[C@]3(C)[C@@H](C5=CC(=O)OC5)CC[C@]43O)C2)C1O. The van der Waals surface area contributed by atoms with E-state index in [1.165, 1.54) is 7.11 Å². The van der Waals surface area contributed by atoms with Gasteiger partial charge in [-0.2, -0.15) is 0 Å². The molecule has 6 unspecified atom stereocenters. The van der Waals surface area contributed by atoms with Crippen LogP contribution < -0.4 is 0 Å². The zero-order valence-corrected chi connectivity index (χ0v) is 23.3. The first-order valence-electron chi connectivity index (χ1n) is 14.8. The topological polar surface area (TPSA) is 115 Å². The summed E-state index contributed by atoms with van der Waals surface area (Å²) in [6, 6.07) is 0. The molecule has 1 saturated heterocycles. The Labute approximate surface area is 226 Å². The first-order valence-corrected chi connectivity index (χ1v) is 14.8. The number of hydrogen-bond acceptors (Lipinski definition) is 8. The van der Waals surface area contributed by atoms with Crippen molar-refractivity contribution in [1.82, 2.24) is 0 Å². The van der Waals surface area contributed by atoms with Crippen LogP contribution in [0.1, 0.15) is 78.6 Å². The van der Waals surface area contributed by atoms with Crippen molar-refractivity contribution in [3.8, 4) is 0 Å². The summed E-state index contributed by atoms with van der Waals surface area (Å²) in [5, 5.41) is 33.5. The van der Waals surface area contributed by atoms with Crippen molar-refractivity contribution < 1.29 is 39.1 Å². The molecular formula is C30H46O8. The Bertz CT molecular complexity index is 968. The number of carbonyl (C=O) groups excluding carboxylic acids is 1. The standard InChI is InChI=1S/C30H46O8/c1-16-24(32)26(35-4)25(33)27(37-16)38-19-7-10-28(2)18(14-19)5-6-22-21(28)8-11-29(3)20(9-12-30(22,29)34)17-13-23(31)36-15-17/h13,16,18-22,24-27,32-34H,5-12,14-15H2,1-4H3/t16?,18-,19?,20+,21+,22+,24?,25?,26?,27?,28-,29+,30-/m0/s1. The molecule has 2 heterocycles. The average molecular weight is 535 g/mol. The van der Waals surface area contributed by atoms with E-state index in [-0.39, 0.29) is 34.7 Å². The summed E-state index contributed by atoms with van der Waals surface area (Å²) in [5.74, 6) is 1.22. The van der Waals surface area contributed by atoms with Gasteiger partial charge in [-0.25, -0.2) is 4.79 Å². The normalized spacial score (nSPS) is 54.5. The number of fused-ring (bicyclic) bond motifs is 5. The van der Waals surface area contributed by atoms with Crippen LogP contribution in [0.25, 0.3) is 0 Å². The molecule has 3 N–H and O–H groups in total. The van der Waals surface area contributed by atoms with Crippen molar-refractivity contribution in [3.63, 3.8) is 0 Å². The fourth-order valence-electron chi connectivity index (χ4n) is 10.1. The van der Waals surface area contributed by atoms with E-state index in [9.17, 15) is 20.1 Å². The van der Waals surface area contributed by atoms with Crippen molar-refractivity contribution in [2.24, 2.45) is 34.5 Å². The predicted molar refractivity (Wildman–Crippen MR) is 138 cm³/mol. The molecule has 6 rings (SSSR count). The maximum Gasteiger partial charge on any atom is 0.331 e. The molecule has 4 aliphatic carbocycles. The van der Waals surface area contributed by atoms with E-state index in [0.29, 0.717) is 18.4 Å². The molecule has 2 aliphatic heterocycles. The third kappa shape index (κ3) is 3.88. The summed E-state index contributed by atoms with van der Waals surface area (Å²) in [5.41, 5.74) is 0.300. The monoisotopic (exact) mass is 534 g/mol. The summed E-state index contributed by atoms with van der Waals surface area (Å²) in [7, 11) is 1.49. The molecule has 0 aromatic heterocycles. The van der Waals surface area contributed by atoms with Gasteiger partial charge in [0.2, 0.25) is 0 Å². The van der Waals surface area contributed by atoms with Gasteiger partial charge in [-0.1, -0.05) is 13.8 Å². The lowest BCUT2D eigenvalue weighted by atomic mass is 9.43. The van der Waals surface area contributed by atoms with Gasteiger partial charge in [-0.05, 0) is 99.4 Å². The molecule has 0 aromatic rings. The second-order valence-corrected chi connectivity index (χ2v) is 13.7. The smallest absolute Gasteiger partial charge is 0.331 e. The van der Waals surface area contributed by atoms with E-state index in [1.807, 2.05) is 0 Å². The van der Waals surface area contributed by atoms with Gasteiger partial charge in [0, 0.05) is 18.6 Å².